The van der Waals surface area contributed by atoms with E-state index in [4.69, 9.17) is 16.3 Å². The standard InChI is InChI=1S/C12H15BrClNO2/c1-8(13)5-6-15-12(16)10-7-9(14)3-4-11(10)17-2/h3-4,7-8H,5-6H2,1-2H3,(H,15,16). The van der Waals surface area contributed by atoms with Crippen molar-refractivity contribution in [2.75, 3.05) is 13.7 Å². The highest BCUT2D eigenvalue weighted by atomic mass is 79.9. The van der Waals surface area contributed by atoms with Crippen LogP contribution in [0.15, 0.2) is 18.2 Å². The lowest BCUT2D eigenvalue weighted by atomic mass is 10.2. The zero-order valence-corrected chi connectivity index (χ0v) is 12.1. The number of hydrogen-bond acceptors (Lipinski definition) is 2. The minimum absolute atomic E-state index is 0.169. The van der Waals surface area contributed by atoms with Crippen molar-refractivity contribution in [2.24, 2.45) is 0 Å². The van der Waals surface area contributed by atoms with Gasteiger partial charge in [-0.3, -0.25) is 4.79 Å². The average Bonchev–Trinajstić information content (AvgIpc) is 2.28. The third kappa shape index (κ3) is 4.56. The Morgan fingerprint density at radius 3 is 2.88 bits per heavy atom. The quantitative estimate of drug-likeness (QED) is 0.846. The van der Waals surface area contributed by atoms with Gasteiger partial charge in [0.05, 0.1) is 12.7 Å². The van der Waals surface area contributed by atoms with E-state index in [1.54, 1.807) is 18.2 Å². The van der Waals surface area contributed by atoms with E-state index >= 15 is 0 Å². The van der Waals surface area contributed by atoms with E-state index in [0.717, 1.165) is 6.42 Å². The number of carbonyl (C=O) groups excluding carboxylic acids is 1. The monoisotopic (exact) mass is 319 g/mol. The van der Waals surface area contributed by atoms with Gasteiger partial charge in [-0.1, -0.05) is 34.5 Å². The lowest BCUT2D eigenvalue weighted by molar-refractivity contribution is 0.0950. The molecule has 1 N–H and O–H groups in total. The van der Waals surface area contributed by atoms with Crippen LogP contribution in [0.2, 0.25) is 5.02 Å². The Kier molecular flexibility index (Phi) is 5.78. The van der Waals surface area contributed by atoms with Crippen LogP contribution in [0.1, 0.15) is 23.7 Å². The first kappa shape index (κ1) is 14.3. The van der Waals surface area contributed by atoms with E-state index in [1.165, 1.54) is 7.11 Å². The van der Waals surface area contributed by atoms with Crippen LogP contribution in [0.4, 0.5) is 0 Å². The number of methoxy groups -OCH3 is 1. The van der Waals surface area contributed by atoms with E-state index in [0.29, 0.717) is 27.7 Å². The Bertz CT molecular complexity index is 396. The molecule has 94 valence electrons. The first-order valence-electron chi connectivity index (χ1n) is 5.30. The van der Waals surface area contributed by atoms with Crippen molar-refractivity contribution in [2.45, 2.75) is 18.2 Å². The second-order valence-electron chi connectivity index (χ2n) is 3.67. The van der Waals surface area contributed by atoms with E-state index in [9.17, 15) is 4.79 Å². The maximum absolute atomic E-state index is 11.9. The predicted molar refractivity (Wildman–Crippen MR) is 73.3 cm³/mol. The fourth-order valence-electron chi connectivity index (χ4n) is 1.34. The molecule has 0 spiro atoms. The summed E-state index contributed by atoms with van der Waals surface area (Å²) in [5, 5.41) is 3.34. The van der Waals surface area contributed by atoms with Crippen LogP contribution in [-0.2, 0) is 0 Å². The molecule has 1 rings (SSSR count). The van der Waals surface area contributed by atoms with Gasteiger partial charge in [-0.2, -0.15) is 0 Å². The van der Waals surface area contributed by atoms with Gasteiger partial charge in [-0.25, -0.2) is 0 Å². The van der Waals surface area contributed by atoms with Gasteiger partial charge in [0, 0.05) is 16.4 Å². The van der Waals surface area contributed by atoms with Gasteiger partial charge >= 0.3 is 0 Å². The molecule has 0 aliphatic rings. The van der Waals surface area contributed by atoms with E-state index in [2.05, 4.69) is 21.2 Å². The Labute approximate surface area is 115 Å². The fraction of sp³-hybridized carbons (Fsp3) is 0.417. The number of nitrogens with one attached hydrogen (secondary N) is 1. The van der Waals surface area contributed by atoms with Crippen LogP contribution >= 0.6 is 27.5 Å². The van der Waals surface area contributed by atoms with Crippen LogP contribution in [0.5, 0.6) is 5.75 Å². The molecule has 0 saturated heterocycles. The van der Waals surface area contributed by atoms with E-state index in [-0.39, 0.29) is 5.91 Å². The molecular formula is C12H15BrClNO2. The molecular weight excluding hydrogens is 305 g/mol. The summed E-state index contributed by atoms with van der Waals surface area (Å²) in [4.78, 5) is 12.3. The minimum Gasteiger partial charge on any atom is -0.496 e. The topological polar surface area (TPSA) is 38.3 Å². The van der Waals surface area contributed by atoms with Crippen LogP contribution in [0.3, 0.4) is 0 Å². The van der Waals surface area contributed by atoms with Crippen molar-refractivity contribution in [3.8, 4) is 5.75 Å². The molecule has 0 aromatic heterocycles. The summed E-state index contributed by atoms with van der Waals surface area (Å²) in [5.41, 5.74) is 0.460. The highest BCUT2D eigenvalue weighted by molar-refractivity contribution is 9.09. The van der Waals surface area contributed by atoms with Gasteiger partial charge in [0.15, 0.2) is 0 Å². The number of alkyl halides is 1. The van der Waals surface area contributed by atoms with Crippen molar-refractivity contribution in [3.05, 3.63) is 28.8 Å². The fourth-order valence-corrected chi connectivity index (χ4v) is 1.74. The van der Waals surface area contributed by atoms with Gasteiger partial charge < -0.3 is 10.1 Å². The zero-order chi connectivity index (χ0) is 12.8. The number of halogens is 2. The summed E-state index contributed by atoms with van der Waals surface area (Å²) in [5.74, 6) is 0.358. The summed E-state index contributed by atoms with van der Waals surface area (Å²) >= 11 is 9.28. The normalized spacial score (nSPS) is 12.0. The van der Waals surface area contributed by atoms with Crippen molar-refractivity contribution < 1.29 is 9.53 Å². The number of rotatable bonds is 5. The number of carbonyl (C=O) groups is 1. The number of hydrogen-bond donors (Lipinski definition) is 1. The molecule has 17 heavy (non-hydrogen) atoms. The molecule has 1 unspecified atom stereocenters. The predicted octanol–water partition coefficient (Wildman–Crippen LogP) is 3.25. The number of ether oxygens (including phenoxy) is 1. The Hall–Kier alpha value is -0.740. The van der Waals surface area contributed by atoms with Crippen molar-refractivity contribution in [1.29, 1.82) is 0 Å². The number of benzene rings is 1. The summed E-state index contributed by atoms with van der Waals surface area (Å²) in [6.45, 7) is 2.65. The first-order chi connectivity index (χ1) is 8.04. The van der Waals surface area contributed by atoms with Crippen LogP contribution in [0, 0.1) is 0 Å². The van der Waals surface area contributed by atoms with Gasteiger partial charge in [0.2, 0.25) is 0 Å². The maximum atomic E-state index is 11.9. The van der Waals surface area contributed by atoms with Crippen LogP contribution < -0.4 is 10.1 Å². The molecule has 3 nitrogen and oxygen atoms in total. The summed E-state index contributed by atoms with van der Waals surface area (Å²) < 4.78 is 5.12. The summed E-state index contributed by atoms with van der Waals surface area (Å²) in [6, 6.07) is 4.98. The molecule has 1 atom stereocenters. The average molecular weight is 321 g/mol. The van der Waals surface area contributed by atoms with Crippen molar-refractivity contribution in [3.63, 3.8) is 0 Å². The van der Waals surface area contributed by atoms with Crippen LogP contribution in [-0.4, -0.2) is 24.4 Å². The first-order valence-corrected chi connectivity index (χ1v) is 6.59. The summed E-state index contributed by atoms with van der Waals surface area (Å²) in [6.07, 6.45) is 0.870. The molecule has 0 aliphatic heterocycles. The molecule has 1 amide bonds. The molecule has 0 bridgehead atoms. The number of amides is 1. The SMILES string of the molecule is COc1ccc(Cl)cc1C(=O)NCCC(C)Br. The molecule has 0 fully saturated rings. The molecule has 5 heteroatoms. The minimum atomic E-state index is -0.169. The Balaban J connectivity index is 2.70. The third-order valence-electron chi connectivity index (χ3n) is 2.23. The van der Waals surface area contributed by atoms with Gasteiger partial charge in [0.25, 0.3) is 5.91 Å². The largest absolute Gasteiger partial charge is 0.496 e. The second kappa shape index (κ2) is 6.87. The third-order valence-corrected chi connectivity index (χ3v) is 2.93. The molecule has 0 heterocycles. The lowest BCUT2D eigenvalue weighted by Gasteiger charge is -2.10. The molecule has 0 saturated carbocycles. The van der Waals surface area contributed by atoms with Gasteiger partial charge in [-0.05, 0) is 24.6 Å². The highest BCUT2D eigenvalue weighted by Gasteiger charge is 2.12. The second-order valence-corrected chi connectivity index (χ2v) is 5.67. The van der Waals surface area contributed by atoms with E-state index in [1.807, 2.05) is 6.92 Å². The molecule has 0 aliphatic carbocycles. The van der Waals surface area contributed by atoms with E-state index < -0.39 is 0 Å². The molecule has 1 aromatic rings. The lowest BCUT2D eigenvalue weighted by Crippen LogP contribution is -2.26. The smallest absolute Gasteiger partial charge is 0.255 e. The van der Waals surface area contributed by atoms with Crippen molar-refractivity contribution >= 4 is 33.4 Å². The Morgan fingerprint density at radius 1 is 1.59 bits per heavy atom. The highest BCUT2D eigenvalue weighted by Crippen LogP contribution is 2.22. The zero-order valence-electron chi connectivity index (χ0n) is 9.80. The molecule has 1 aromatic carbocycles. The Morgan fingerprint density at radius 2 is 2.29 bits per heavy atom. The van der Waals surface area contributed by atoms with Gasteiger partial charge in [0.1, 0.15) is 5.75 Å². The van der Waals surface area contributed by atoms with Crippen molar-refractivity contribution in [1.82, 2.24) is 5.32 Å². The summed E-state index contributed by atoms with van der Waals surface area (Å²) in [7, 11) is 1.53. The van der Waals surface area contributed by atoms with Gasteiger partial charge in [-0.15, -0.1) is 0 Å². The van der Waals surface area contributed by atoms with Crippen LogP contribution in [0.25, 0.3) is 0 Å². The molecule has 0 radical (unpaired) electrons. The maximum Gasteiger partial charge on any atom is 0.255 e.